The Kier molecular flexibility index (Phi) is 4.52. The molecule has 100 valence electrons. The predicted octanol–water partition coefficient (Wildman–Crippen LogP) is 1.55. The van der Waals surface area contributed by atoms with Gasteiger partial charge in [0, 0.05) is 6.17 Å². The minimum atomic E-state index is -3.77. The molecule has 0 aliphatic carbocycles. The summed E-state index contributed by atoms with van der Waals surface area (Å²) in [5, 5.41) is 2.58. The van der Waals surface area contributed by atoms with E-state index in [9.17, 15) is 13.2 Å². The smallest absolute Gasteiger partial charge is 0.328 e. The number of hydrogen-bond acceptors (Lipinski definition) is 3. The lowest BCUT2D eigenvalue weighted by molar-refractivity contribution is 0.247. The largest absolute Gasteiger partial charge is 0.340 e. The molecule has 0 saturated heterocycles. The summed E-state index contributed by atoms with van der Waals surface area (Å²) in [6.45, 7) is 6.25. The normalized spacial score (nSPS) is 11.9. The fourth-order valence-electron chi connectivity index (χ4n) is 1.16. The summed E-state index contributed by atoms with van der Waals surface area (Å²) in [6.07, 6.45) is 0.531. The zero-order valence-electron chi connectivity index (χ0n) is 10.7. The minimum Gasteiger partial charge on any atom is -0.340 e. The number of nitrogens with one attached hydrogen (secondary N) is 2. The van der Waals surface area contributed by atoms with E-state index in [1.807, 2.05) is 4.72 Å². The number of carbonyl (C=O) groups is 1. The molecule has 2 amide bonds. The number of amides is 2. The van der Waals surface area contributed by atoms with Crippen LogP contribution in [-0.2, 0) is 10.0 Å². The number of benzene rings is 1. The van der Waals surface area contributed by atoms with E-state index < -0.39 is 24.1 Å². The van der Waals surface area contributed by atoms with Crippen LogP contribution in [-0.4, -0.2) is 28.7 Å². The van der Waals surface area contributed by atoms with Crippen LogP contribution in [0.3, 0.4) is 0 Å². The molecular formula is C11H18N2O3SSi. The Morgan fingerprint density at radius 2 is 1.72 bits per heavy atom. The van der Waals surface area contributed by atoms with E-state index in [0.29, 0.717) is 6.17 Å². The van der Waals surface area contributed by atoms with Crippen LogP contribution in [0.25, 0.3) is 0 Å². The second-order valence-corrected chi connectivity index (χ2v) is 12.3. The van der Waals surface area contributed by atoms with Gasteiger partial charge in [0.25, 0.3) is 10.0 Å². The molecule has 18 heavy (non-hydrogen) atoms. The van der Waals surface area contributed by atoms with Crippen LogP contribution >= 0.6 is 0 Å². The van der Waals surface area contributed by atoms with Crippen molar-refractivity contribution in [2.24, 2.45) is 0 Å². The molecule has 1 rings (SSSR count). The third-order valence-corrected chi connectivity index (χ3v) is 4.64. The van der Waals surface area contributed by atoms with Crippen LogP contribution in [0.15, 0.2) is 35.2 Å². The highest BCUT2D eigenvalue weighted by Gasteiger charge is 2.19. The van der Waals surface area contributed by atoms with Gasteiger partial charge in [-0.2, -0.15) is 0 Å². The zero-order chi connectivity index (χ0) is 13.8. The average molecular weight is 286 g/mol. The van der Waals surface area contributed by atoms with E-state index in [0.717, 1.165) is 0 Å². The first-order valence-corrected chi connectivity index (χ1v) is 10.8. The molecule has 1 aromatic rings. The quantitative estimate of drug-likeness (QED) is 0.825. The van der Waals surface area contributed by atoms with Gasteiger partial charge in [0.2, 0.25) is 0 Å². The van der Waals surface area contributed by atoms with Crippen LogP contribution in [0.4, 0.5) is 4.79 Å². The molecule has 0 bridgehead atoms. The van der Waals surface area contributed by atoms with Gasteiger partial charge in [-0.15, -0.1) is 0 Å². The van der Waals surface area contributed by atoms with Crippen LogP contribution in [0.5, 0.6) is 0 Å². The maximum atomic E-state index is 11.8. The third-order valence-electron chi connectivity index (χ3n) is 2.06. The van der Waals surface area contributed by atoms with E-state index in [4.69, 9.17) is 0 Å². The standard InChI is InChI=1S/C11H18N2O3SSi/c1-18(2,3)9-12-11(14)13-17(15,16)10-7-5-4-6-8-10/h4-8H,9H2,1-3H3,(H2,12,13,14). The maximum Gasteiger partial charge on any atom is 0.328 e. The summed E-state index contributed by atoms with van der Waals surface area (Å²) < 4.78 is 25.6. The van der Waals surface area contributed by atoms with Crippen molar-refractivity contribution in [3.05, 3.63) is 30.3 Å². The Morgan fingerprint density at radius 1 is 1.17 bits per heavy atom. The molecule has 0 radical (unpaired) electrons. The molecule has 5 nitrogen and oxygen atoms in total. The molecule has 0 atom stereocenters. The van der Waals surface area contributed by atoms with Gasteiger partial charge in [-0.1, -0.05) is 37.8 Å². The summed E-state index contributed by atoms with van der Waals surface area (Å²) >= 11 is 0. The Morgan fingerprint density at radius 3 is 2.22 bits per heavy atom. The lowest BCUT2D eigenvalue weighted by Gasteiger charge is -2.16. The van der Waals surface area contributed by atoms with E-state index in [1.165, 1.54) is 12.1 Å². The fraction of sp³-hybridized carbons (Fsp3) is 0.364. The van der Waals surface area contributed by atoms with E-state index in [-0.39, 0.29) is 4.90 Å². The molecule has 2 N–H and O–H groups in total. The van der Waals surface area contributed by atoms with E-state index in [2.05, 4.69) is 25.0 Å². The molecule has 0 heterocycles. The topological polar surface area (TPSA) is 75.3 Å². The van der Waals surface area contributed by atoms with Gasteiger partial charge in [-0.05, 0) is 12.1 Å². The van der Waals surface area contributed by atoms with Crippen molar-refractivity contribution in [3.8, 4) is 0 Å². The highest BCUT2D eigenvalue weighted by molar-refractivity contribution is 7.90. The van der Waals surface area contributed by atoms with Gasteiger partial charge in [0.15, 0.2) is 0 Å². The van der Waals surface area contributed by atoms with Crippen molar-refractivity contribution in [1.29, 1.82) is 0 Å². The zero-order valence-corrected chi connectivity index (χ0v) is 12.5. The third kappa shape index (κ3) is 4.88. The van der Waals surface area contributed by atoms with Crippen molar-refractivity contribution in [1.82, 2.24) is 10.0 Å². The number of carbonyl (C=O) groups excluding carboxylic acids is 1. The molecule has 1 aromatic carbocycles. The van der Waals surface area contributed by atoms with Crippen molar-refractivity contribution < 1.29 is 13.2 Å². The molecule has 0 saturated carbocycles. The monoisotopic (exact) mass is 286 g/mol. The van der Waals surface area contributed by atoms with Crippen molar-refractivity contribution >= 4 is 24.1 Å². The minimum absolute atomic E-state index is 0.0770. The molecule has 0 fully saturated rings. The van der Waals surface area contributed by atoms with Gasteiger partial charge in [-0.3, -0.25) is 0 Å². The van der Waals surface area contributed by atoms with Gasteiger partial charge < -0.3 is 5.32 Å². The van der Waals surface area contributed by atoms with Gasteiger partial charge >= 0.3 is 6.03 Å². The number of rotatable bonds is 4. The molecular weight excluding hydrogens is 268 g/mol. The number of hydrogen-bond donors (Lipinski definition) is 2. The number of urea groups is 1. The SMILES string of the molecule is C[Si](C)(C)CNC(=O)NS(=O)(=O)c1ccccc1. The van der Waals surface area contributed by atoms with Gasteiger partial charge in [0.1, 0.15) is 0 Å². The van der Waals surface area contributed by atoms with Crippen molar-refractivity contribution in [2.75, 3.05) is 6.17 Å². The summed E-state index contributed by atoms with van der Waals surface area (Å²) in [4.78, 5) is 11.6. The van der Waals surface area contributed by atoms with Crippen molar-refractivity contribution in [3.63, 3.8) is 0 Å². The molecule has 0 spiro atoms. The first-order valence-electron chi connectivity index (χ1n) is 5.56. The molecule has 0 aliphatic heterocycles. The fourth-order valence-corrected chi connectivity index (χ4v) is 2.80. The highest BCUT2D eigenvalue weighted by atomic mass is 32.2. The first-order chi connectivity index (χ1) is 8.21. The summed E-state index contributed by atoms with van der Waals surface area (Å²) in [5.41, 5.74) is 0. The molecule has 0 aliphatic rings. The second-order valence-electron chi connectivity index (χ2n) is 5.16. The van der Waals surface area contributed by atoms with Crippen LogP contribution in [0.1, 0.15) is 0 Å². The summed E-state index contributed by atoms with van der Waals surface area (Å²) in [7, 11) is -5.22. The van der Waals surface area contributed by atoms with Crippen molar-refractivity contribution in [2.45, 2.75) is 24.5 Å². The molecule has 7 heteroatoms. The van der Waals surface area contributed by atoms with Crippen LogP contribution in [0.2, 0.25) is 19.6 Å². The van der Waals surface area contributed by atoms with E-state index in [1.54, 1.807) is 18.2 Å². The Hall–Kier alpha value is -1.34. The van der Waals surface area contributed by atoms with Crippen LogP contribution < -0.4 is 10.0 Å². The average Bonchev–Trinajstić information content (AvgIpc) is 2.26. The Balaban J connectivity index is 2.65. The summed E-state index contributed by atoms with van der Waals surface area (Å²) in [5.74, 6) is 0. The van der Waals surface area contributed by atoms with Crippen LogP contribution in [0, 0.1) is 0 Å². The van der Waals surface area contributed by atoms with Gasteiger partial charge in [0.05, 0.1) is 13.0 Å². The Labute approximate surface area is 109 Å². The first kappa shape index (κ1) is 14.7. The second kappa shape index (κ2) is 5.53. The Bertz CT molecular complexity index is 509. The molecule has 0 aromatic heterocycles. The highest BCUT2D eigenvalue weighted by Crippen LogP contribution is 2.06. The lowest BCUT2D eigenvalue weighted by atomic mass is 10.4. The predicted molar refractivity (Wildman–Crippen MR) is 73.5 cm³/mol. The van der Waals surface area contributed by atoms with E-state index >= 15 is 0 Å². The summed E-state index contributed by atoms with van der Waals surface area (Å²) in [6, 6.07) is 7.12. The van der Waals surface area contributed by atoms with Gasteiger partial charge in [-0.25, -0.2) is 17.9 Å². The maximum absolute atomic E-state index is 11.8. The number of sulfonamides is 1. The lowest BCUT2D eigenvalue weighted by Crippen LogP contribution is -2.46. The molecule has 0 unspecified atom stereocenters.